The van der Waals surface area contributed by atoms with Gasteiger partial charge in [0.1, 0.15) is 0 Å². The van der Waals surface area contributed by atoms with E-state index < -0.39 is 29.4 Å². The zero-order valence-corrected chi connectivity index (χ0v) is 10.9. The van der Waals surface area contributed by atoms with E-state index in [0.29, 0.717) is 0 Å². The summed E-state index contributed by atoms with van der Waals surface area (Å²) in [5.74, 6) is -3.98. The molecule has 1 rings (SSSR count). The lowest BCUT2D eigenvalue weighted by atomic mass is 10.1. The number of benzene rings is 1. The van der Waals surface area contributed by atoms with E-state index in [0.717, 1.165) is 11.0 Å². The Balaban J connectivity index is 2.83. The molecule has 0 N–H and O–H groups in total. The van der Waals surface area contributed by atoms with Crippen LogP contribution in [0, 0.1) is 17.6 Å². The SMILES string of the molecule is COC(=O)C(C)CN(C)C(=O)c1cccc(F)c1F. The van der Waals surface area contributed by atoms with Crippen LogP contribution in [0.25, 0.3) is 0 Å². The Morgan fingerprint density at radius 1 is 1.37 bits per heavy atom. The molecule has 1 amide bonds. The minimum absolute atomic E-state index is 0.0570. The third-order valence-corrected chi connectivity index (χ3v) is 2.68. The number of esters is 1. The number of halogens is 2. The van der Waals surface area contributed by atoms with Gasteiger partial charge >= 0.3 is 5.97 Å². The first-order valence-electron chi connectivity index (χ1n) is 5.65. The molecule has 0 aliphatic carbocycles. The van der Waals surface area contributed by atoms with Crippen molar-refractivity contribution in [1.82, 2.24) is 4.90 Å². The number of carbonyl (C=O) groups excluding carboxylic acids is 2. The molecule has 19 heavy (non-hydrogen) atoms. The molecule has 0 saturated heterocycles. The zero-order chi connectivity index (χ0) is 14.6. The normalized spacial score (nSPS) is 11.8. The summed E-state index contributed by atoms with van der Waals surface area (Å²) in [6.07, 6.45) is 0. The van der Waals surface area contributed by atoms with E-state index in [1.807, 2.05) is 0 Å². The molecule has 1 aromatic carbocycles. The summed E-state index contributed by atoms with van der Waals surface area (Å²) in [6, 6.07) is 3.38. The molecule has 104 valence electrons. The molecule has 0 heterocycles. The minimum atomic E-state index is -1.19. The van der Waals surface area contributed by atoms with Gasteiger partial charge in [-0.3, -0.25) is 9.59 Å². The van der Waals surface area contributed by atoms with Crippen LogP contribution in [-0.2, 0) is 9.53 Å². The van der Waals surface area contributed by atoms with E-state index in [-0.39, 0.29) is 12.1 Å². The van der Waals surface area contributed by atoms with Crippen molar-refractivity contribution in [3.05, 3.63) is 35.4 Å². The third kappa shape index (κ3) is 3.49. The predicted octanol–water partition coefficient (Wildman–Crippen LogP) is 1.85. The Hall–Kier alpha value is -1.98. The van der Waals surface area contributed by atoms with Gasteiger partial charge < -0.3 is 9.64 Å². The van der Waals surface area contributed by atoms with Gasteiger partial charge in [0.05, 0.1) is 18.6 Å². The molecule has 0 fully saturated rings. The molecular weight excluding hydrogens is 256 g/mol. The molecule has 6 heteroatoms. The first-order chi connectivity index (χ1) is 8.88. The van der Waals surface area contributed by atoms with E-state index in [9.17, 15) is 18.4 Å². The lowest BCUT2D eigenvalue weighted by Crippen LogP contribution is -2.34. The van der Waals surface area contributed by atoms with Crippen molar-refractivity contribution in [2.24, 2.45) is 5.92 Å². The largest absolute Gasteiger partial charge is 0.469 e. The number of ether oxygens (including phenoxy) is 1. The number of rotatable bonds is 4. The maximum atomic E-state index is 13.5. The second-order valence-electron chi connectivity index (χ2n) is 4.21. The van der Waals surface area contributed by atoms with Gasteiger partial charge in [0.25, 0.3) is 5.91 Å². The zero-order valence-electron chi connectivity index (χ0n) is 10.9. The highest BCUT2D eigenvalue weighted by Crippen LogP contribution is 2.14. The standard InChI is InChI=1S/C13H15F2NO3/c1-8(13(18)19-3)7-16(2)12(17)9-5-4-6-10(14)11(9)15/h4-6,8H,7H2,1-3H3. The van der Waals surface area contributed by atoms with Gasteiger partial charge in [0.15, 0.2) is 11.6 Å². The Bertz CT molecular complexity index is 491. The lowest BCUT2D eigenvalue weighted by Gasteiger charge is -2.20. The van der Waals surface area contributed by atoms with Gasteiger partial charge in [-0.25, -0.2) is 8.78 Å². The highest BCUT2D eigenvalue weighted by atomic mass is 19.2. The summed E-state index contributed by atoms with van der Waals surface area (Å²) in [5.41, 5.74) is -0.362. The van der Waals surface area contributed by atoms with E-state index in [1.165, 1.54) is 26.3 Å². The molecule has 0 saturated carbocycles. The number of hydrogen-bond acceptors (Lipinski definition) is 3. The van der Waals surface area contributed by atoms with E-state index in [2.05, 4.69) is 4.74 Å². The van der Waals surface area contributed by atoms with Gasteiger partial charge in [0.2, 0.25) is 0 Å². The molecule has 1 aromatic rings. The number of methoxy groups -OCH3 is 1. The molecule has 4 nitrogen and oxygen atoms in total. The second kappa shape index (κ2) is 6.26. The van der Waals surface area contributed by atoms with Crippen LogP contribution < -0.4 is 0 Å². The summed E-state index contributed by atoms with van der Waals surface area (Å²) in [6.45, 7) is 1.64. The smallest absolute Gasteiger partial charge is 0.310 e. The fourth-order valence-corrected chi connectivity index (χ4v) is 1.64. The monoisotopic (exact) mass is 271 g/mol. The molecular formula is C13H15F2NO3. The average molecular weight is 271 g/mol. The van der Waals surface area contributed by atoms with Crippen molar-refractivity contribution >= 4 is 11.9 Å². The molecule has 0 bridgehead atoms. The summed E-state index contributed by atoms with van der Waals surface area (Å²) in [4.78, 5) is 24.3. The molecule has 1 unspecified atom stereocenters. The lowest BCUT2D eigenvalue weighted by molar-refractivity contribution is -0.145. The van der Waals surface area contributed by atoms with E-state index in [1.54, 1.807) is 6.92 Å². The van der Waals surface area contributed by atoms with E-state index >= 15 is 0 Å². The van der Waals surface area contributed by atoms with Crippen molar-refractivity contribution < 1.29 is 23.1 Å². The van der Waals surface area contributed by atoms with Crippen molar-refractivity contribution in [3.8, 4) is 0 Å². The minimum Gasteiger partial charge on any atom is -0.469 e. The number of nitrogens with zero attached hydrogens (tertiary/aromatic N) is 1. The van der Waals surface area contributed by atoms with Gasteiger partial charge in [0, 0.05) is 13.6 Å². The van der Waals surface area contributed by atoms with Crippen LogP contribution in [0.5, 0.6) is 0 Å². The second-order valence-corrected chi connectivity index (χ2v) is 4.21. The van der Waals surface area contributed by atoms with Gasteiger partial charge in [-0.15, -0.1) is 0 Å². The summed E-state index contributed by atoms with van der Waals surface area (Å²) < 4.78 is 31.0. The maximum Gasteiger partial charge on any atom is 0.310 e. The summed E-state index contributed by atoms with van der Waals surface area (Å²) in [7, 11) is 2.65. The maximum absolute atomic E-state index is 13.5. The van der Waals surface area contributed by atoms with Crippen LogP contribution >= 0.6 is 0 Å². The third-order valence-electron chi connectivity index (χ3n) is 2.68. The molecule has 1 atom stereocenters. The molecule has 0 radical (unpaired) electrons. The van der Waals surface area contributed by atoms with Crippen molar-refractivity contribution in [2.45, 2.75) is 6.92 Å². The number of amides is 1. The summed E-state index contributed by atoms with van der Waals surface area (Å²) in [5, 5.41) is 0. The van der Waals surface area contributed by atoms with Crippen molar-refractivity contribution in [1.29, 1.82) is 0 Å². The van der Waals surface area contributed by atoms with Crippen LogP contribution in [0.15, 0.2) is 18.2 Å². The van der Waals surface area contributed by atoms with Gasteiger partial charge in [-0.1, -0.05) is 13.0 Å². The number of hydrogen-bond donors (Lipinski definition) is 0. The predicted molar refractivity (Wildman–Crippen MR) is 64.5 cm³/mol. The Morgan fingerprint density at radius 3 is 2.58 bits per heavy atom. The molecule has 0 spiro atoms. The Labute approximate surface area is 110 Å². The highest BCUT2D eigenvalue weighted by molar-refractivity contribution is 5.94. The van der Waals surface area contributed by atoms with E-state index in [4.69, 9.17) is 0 Å². The van der Waals surface area contributed by atoms with Crippen molar-refractivity contribution in [3.63, 3.8) is 0 Å². The quantitative estimate of drug-likeness (QED) is 0.785. The van der Waals surface area contributed by atoms with Crippen LogP contribution in [0.1, 0.15) is 17.3 Å². The topological polar surface area (TPSA) is 46.6 Å². The highest BCUT2D eigenvalue weighted by Gasteiger charge is 2.22. The average Bonchev–Trinajstić information content (AvgIpc) is 2.39. The fourth-order valence-electron chi connectivity index (χ4n) is 1.64. The molecule has 0 aliphatic rings. The first kappa shape index (κ1) is 15.1. The van der Waals surface area contributed by atoms with Gasteiger partial charge in [-0.05, 0) is 12.1 Å². The van der Waals surface area contributed by atoms with Gasteiger partial charge in [-0.2, -0.15) is 0 Å². The molecule has 0 aliphatic heterocycles. The number of carbonyl (C=O) groups is 2. The Morgan fingerprint density at radius 2 is 2.00 bits per heavy atom. The van der Waals surface area contributed by atoms with Crippen LogP contribution in [0.3, 0.4) is 0 Å². The van der Waals surface area contributed by atoms with Crippen LogP contribution in [-0.4, -0.2) is 37.5 Å². The summed E-state index contributed by atoms with van der Waals surface area (Å²) >= 11 is 0. The van der Waals surface area contributed by atoms with Crippen molar-refractivity contribution in [2.75, 3.05) is 20.7 Å². The van der Waals surface area contributed by atoms with Crippen LogP contribution in [0.2, 0.25) is 0 Å². The van der Waals surface area contributed by atoms with Crippen LogP contribution in [0.4, 0.5) is 8.78 Å². The first-order valence-corrected chi connectivity index (χ1v) is 5.65. The fraction of sp³-hybridized carbons (Fsp3) is 0.385. The Kier molecular flexibility index (Phi) is 4.97. The molecule has 0 aromatic heterocycles.